The number of aromatic nitrogens is 1. The number of carbonyl (C=O) groups is 2. The Morgan fingerprint density at radius 1 is 1.11 bits per heavy atom. The number of H-pyrrole nitrogens is 1. The highest BCUT2D eigenvalue weighted by Crippen LogP contribution is 2.42. The molecule has 5 rings (SSSR count). The van der Waals surface area contributed by atoms with Gasteiger partial charge in [-0.1, -0.05) is 12.1 Å². The van der Waals surface area contributed by atoms with E-state index in [1.807, 2.05) is 24.4 Å². The maximum absolute atomic E-state index is 13.4. The summed E-state index contributed by atoms with van der Waals surface area (Å²) < 4.78 is 10.6. The molecule has 4 aromatic rings. The molecular weight excluding hydrogens is 480 g/mol. The highest BCUT2D eigenvalue weighted by molar-refractivity contribution is 7.12. The average Bonchev–Trinajstić information content (AvgIpc) is 3.62. The Hall–Kier alpha value is -4.24. The van der Waals surface area contributed by atoms with Crippen LogP contribution in [0.15, 0.2) is 71.4 Å². The first-order valence-electron chi connectivity index (χ1n) is 11.3. The molecule has 1 amide bonds. The van der Waals surface area contributed by atoms with E-state index in [1.165, 1.54) is 29.4 Å². The number of methoxy groups -OCH3 is 2. The Kier molecular flexibility index (Phi) is 6.15. The third-order valence-electron chi connectivity index (χ3n) is 6.41. The molecule has 0 spiro atoms. The second-order valence-electron chi connectivity index (χ2n) is 8.38. The van der Waals surface area contributed by atoms with Gasteiger partial charge in [0.05, 0.1) is 30.7 Å². The van der Waals surface area contributed by atoms with Crippen molar-refractivity contribution in [3.8, 4) is 17.2 Å². The lowest BCUT2D eigenvalue weighted by molar-refractivity contribution is -0.129. The van der Waals surface area contributed by atoms with Crippen LogP contribution in [0.25, 0.3) is 10.9 Å². The number of benzene rings is 2. The van der Waals surface area contributed by atoms with Crippen LogP contribution in [0.3, 0.4) is 0 Å². The fraction of sp³-hybridized carbons (Fsp3) is 0.185. The van der Waals surface area contributed by atoms with Gasteiger partial charge in [-0.25, -0.2) is 0 Å². The van der Waals surface area contributed by atoms with Gasteiger partial charge in [0, 0.05) is 23.6 Å². The van der Waals surface area contributed by atoms with Crippen LogP contribution in [0.2, 0.25) is 0 Å². The zero-order chi connectivity index (χ0) is 25.4. The van der Waals surface area contributed by atoms with Gasteiger partial charge in [0.25, 0.3) is 5.91 Å². The molecule has 36 heavy (non-hydrogen) atoms. The molecule has 1 atom stereocenters. The Bertz CT molecular complexity index is 1490. The number of rotatable bonds is 8. The van der Waals surface area contributed by atoms with Crippen LogP contribution < -0.4 is 9.47 Å². The predicted molar refractivity (Wildman–Crippen MR) is 136 cm³/mol. The van der Waals surface area contributed by atoms with Crippen molar-refractivity contribution in [2.24, 2.45) is 0 Å². The lowest BCUT2D eigenvalue weighted by atomic mass is 9.95. The monoisotopic (exact) mass is 504 g/mol. The molecule has 0 aliphatic carbocycles. The second-order valence-corrected chi connectivity index (χ2v) is 9.32. The van der Waals surface area contributed by atoms with E-state index < -0.39 is 23.5 Å². The number of ketones is 1. The van der Waals surface area contributed by atoms with Crippen molar-refractivity contribution in [2.45, 2.75) is 12.5 Å². The summed E-state index contributed by atoms with van der Waals surface area (Å²) in [5.74, 6) is -0.734. The molecule has 2 aromatic carbocycles. The number of nitrogens with one attached hydrogen (secondary N) is 1. The van der Waals surface area contributed by atoms with Crippen LogP contribution in [-0.4, -0.2) is 52.6 Å². The van der Waals surface area contributed by atoms with E-state index in [0.717, 1.165) is 22.2 Å². The summed E-state index contributed by atoms with van der Waals surface area (Å²) in [6.45, 7) is 0.238. The fourth-order valence-corrected chi connectivity index (χ4v) is 5.28. The Balaban J connectivity index is 1.53. The minimum atomic E-state index is -0.846. The number of phenolic OH excluding ortho intramolecular Hbond substituents is 1. The number of hydrogen-bond donors (Lipinski definition) is 3. The number of aromatic hydroxyl groups is 1. The summed E-state index contributed by atoms with van der Waals surface area (Å²) in [5.41, 5.74) is 2.46. The number of carbonyl (C=O) groups excluding carboxylic acids is 2. The number of Topliss-reactive ketones (excluding diaryl/α,β-unsaturated/α-hetero) is 1. The smallest absolute Gasteiger partial charge is 0.290 e. The maximum atomic E-state index is 13.4. The maximum Gasteiger partial charge on any atom is 0.290 e. The van der Waals surface area contributed by atoms with Crippen LogP contribution in [0.1, 0.15) is 26.8 Å². The van der Waals surface area contributed by atoms with E-state index in [-0.39, 0.29) is 23.6 Å². The lowest BCUT2D eigenvalue weighted by Gasteiger charge is -2.27. The van der Waals surface area contributed by atoms with Crippen LogP contribution in [0.5, 0.6) is 17.2 Å². The molecule has 2 aromatic heterocycles. The summed E-state index contributed by atoms with van der Waals surface area (Å²) in [4.78, 5) is 31.8. The summed E-state index contributed by atoms with van der Waals surface area (Å²) in [7, 11) is 3.03. The average molecular weight is 505 g/mol. The summed E-state index contributed by atoms with van der Waals surface area (Å²) >= 11 is 1.24. The first kappa shape index (κ1) is 23.5. The number of phenols is 1. The largest absolute Gasteiger partial charge is 0.504 e. The number of nitrogens with zero attached hydrogens (tertiary/aromatic N) is 1. The third kappa shape index (κ3) is 3.97. The standard InChI is InChI=1S/C27H24N2O6S/c1-34-17-6-7-19-18(13-17)16(14-28-19)9-10-29-24(15-5-8-20(30)21(12-15)35-2)23(26(32)27(29)33)25(31)22-4-3-11-36-22/h3-8,11-14,24,28,30,32H,9-10H2,1-2H3/t24-/m1/s1. The van der Waals surface area contributed by atoms with Crippen molar-refractivity contribution in [3.63, 3.8) is 0 Å². The van der Waals surface area contributed by atoms with Gasteiger partial charge in [0.2, 0.25) is 5.78 Å². The van der Waals surface area contributed by atoms with Gasteiger partial charge in [-0.2, -0.15) is 0 Å². The molecule has 8 nitrogen and oxygen atoms in total. The van der Waals surface area contributed by atoms with Crippen LogP contribution in [0, 0.1) is 0 Å². The lowest BCUT2D eigenvalue weighted by Crippen LogP contribution is -2.33. The third-order valence-corrected chi connectivity index (χ3v) is 7.28. The Morgan fingerprint density at radius 2 is 1.94 bits per heavy atom. The van der Waals surface area contributed by atoms with Crippen molar-refractivity contribution in [1.82, 2.24) is 9.88 Å². The number of hydrogen-bond acceptors (Lipinski definition) is 7. The highest BCUT2D eigenvalue weighted by atomic mass is 32.1. The minimum Gasteiger partial charge on any atom is -0.504 e. The summed E-state index contributed by atoms with van der Waals surface area (Å²) in [6.07, 6.45) is 2.35. The van der Waals surface area contributed by atoms with Gasteiger partial charge in [0.1, 0.15) is 5.75 Å². The minimum absolute atomic E-state index is 0.00999. The van der Waals surface area contributed by atoms with Crippen molar-refractivity contribution >= 4 is 33.9 Å². The van der Waals surface area contributed by atoms with Crippen molar-refractivity contribution in [2.75, 3.05) is 20.8 Å². The van der Waals surface area contributed by atoms with Gasteiger partial charge < -0.3 is 29.6 Å². The first-order chi connectivity index (χ1) is 17.4. The molecule has 3 N–H and O–H groups in total. The Morgan fingerprint density at radius 3 is 2.67 bits per heavy atom. The molecule has 0 saturated heterocycles. The zero-order valence-electron chi connectivity index (χ0n) is 19.6. The molecule has 184 valence electrons. The first-order valence-corrected chi connectivity index (χ1v) is 12.1. The number of fused-ring (bicyclic) bond motifs is 1. The van der Waals surface area contributed by atoms with Crippen molar-refractivity contribution in [1.29, 1.82) is 0 Å². The molecular formula is C27H24N2O6S. The molecule has 0 radical (unpaired) electrons. The quantitative estimate of drug-likeness (QED) is 0.298. The number of aliphatic hydroxyl groups is 1. The molecule has 3 heterocycles. The van der Waals surface area contributed by atoms with E-state index in [1.54, 1.807) is 36.8 Å². The van der Waals surface area contributed by atoms with E-state index in [2.05, 4.69) is 4.98 Å². The number of aromatic amines is 1. The zero-order valence-corrected chi connectivity index (χ0v) is 20.5. The SMILES string of the molecule is COc1ccc2[nH]cc(CCN3C(=O)C(O)=C(C(=O)c4cccs4)[C@H]3c3ccc(O)c(OC)c3)c2c1. The number of thiophene rings is 1. The fourth-order valence-electron chi connectivity index (χ4n) is 4.60. The Labute approximate surface area is 211 Å². The van der Waals surface area contributed by atoms with Gasteiger partial charge in [-0.15, -0.1) is 11.3 Å². The highest BCUT2D eigenvalue weighted by Gasteiger charge is 2.44. The molecule has 0 saturated carbocycles. The second kappa shape index (κ2) is 9.43. The topological polar surface area (TPSA) is 112 Å². The molecule has 0 bridgehead atoms. The van der Waals surface area contributed by atoms with Gasteiger partial charge in [-0.05, 0) is 59.3 Å². The van der Waals surface area contributed by atoms with Crippen LogP contribution in [0.4, 0.5) is 0 Å². The predicted octanol–water partition coefficient (Wildman–Crippen LogP) is 4.77. The number of amides is 1. The summed E-state index contributed by atoms with van der Waals surface area (Å²) in [6, 6.07) is 12.9. The van der Waals surface area contributed by atoms with E-state index in [0.29, 0.717) is 16.9 Å². The van der Waals surface area contributed by atoms with Gasteiger partial charge in [-0.3, -0.25) is 9.59 Å². The van der Waals surface area contributed by atoms with Gasteiger partial charge >= 0.3 is 0 Å². The molecule has 0 unspecified atom stereocenters. The number of ether oxygens (including phenoxy) is 2. The number of aliphatic hydroxyl groups excluding tert-OH is 1. The van der Waals surface area contributed by atoms with Crippen LogP contribution >= 0.6 is 11.3 Å². The van der Waals surface area contributed by atoms with E-state index in [9.17, 15) is 19.8 Å². The summed E-state index contributed by atoms with van der Waals surface area (Å²) in [5, 5.41) is 23.7. The normalized spacial score (nSPS) is 15.7. The van der Waals surface area contributed by atoms with Crippen LogP contribution in [-0.2, 0) is 11.2 Å². The van der Waals surface area contributed by atoms with Gasteiger partial charge in [0.15, 0.2) is 17.3 Å². The van der Waals surface area contributed by atoms with Crippen molar-refractivity contribution < 1.29 is 29.3 Å². The van der Waals surface area contributed by atoms with E-state index in [4.69, 9.17) is 9.47 Å². The molecule has 0 fully saturated rings. The van der Waals surface area contributed by atoms with Crippen molar-refractivity contribution in [3.05, 3.63) is 87.4 Å². The molecule has 9 heteroatoms. The molecule has 1 aliphatic heterocycles. The van der Waals surface area contributed by atoms with E-state index >= 15 is 0 Å². The molecule has 1 aliphatic rings.